The summed E-state index contributed by atoms with van der Waals surface area (Å²) in [6.07, 6.45) is 0. The summed E-state index contributed by atoms with van der Waals surface area (Å²) in [5, 5.41) is 17.7. The zero-order chi connectivity index (χ0) is 16.9. The van der Waals surface area contributed by atoms with Crippen molar-refractivity contribution in [2.24, 2.45) is 5.14 Å². The summed E-state index contributed by atoms with van der Waals surface area (Å²) in [6.45, 7) is 2.72. The highest BCUT2D eigenvalue weighted by Crippen LogP contribution is 2.24. The summed E-state index contributed by atoms with van der Waals surface area (Å²) in [7, 11) is -3.81. The van der Waals surface area contributed by atoms with Crippen molar-refractivity contribution < 1.29 is 8.42 Å². The van der Waals surface area contributed by atoms with Crippen LogP contribution in [0.4, 0.5) is 5.69 Å². The maximum absolute atomic E-state index is 11.3. The molecule has 120 valence electrons. The molecule has 2 aromatic rings. The van der Waals surface area contributed by atoms with Gasteiger partial charge in [-0.2, -0.15) is 5.26 Å². The number of thioether (sulfide) groups is 1. The van der Waals surface area contributed by atoms with E-state index in [2.05, 4.69) is 12.2 Å². The Morgan fingerprint density at radius 2 is 1.96 bits per heavy atom. The highest BCUT2D eigenvalue weighted by atomic mass is 32.2. The van der Waals surface area contributed by atoms with E-state index in [1.807, 2.05) is 36.4 Å². The molecular weight excluding hydrogens is 330 g/mol. The van der Waals surface area contributed by atoms with E-state index >= 15 is 0 Å². The van der Waals surface area contributed by atoms with Crippen molar-refractivity contribution in [2.45, 2.75) is 22.0 Å². The maximum atomic E-state index is 11.3. The van der Waals surface area contributed by atoms with Gasteiger partial charge in [0, 0.05) is 16.7 Å². The molecule has 23 heavy (non-hydrogen) atoms. The molecule has 7 heteroatoms. The van der Waals surface area contributed by atoms with E-state index in [1.54, 1.807) is 17.8 Å². The number of hydrogen-bond acceptors (Lipinski definition) is 5. The number of primary sulfonamides is 1. The second-order valence-electron chi connectivity index (χ2n) is 4.99. The van der Waals surface area contributed by atoms with Gasteiger partial charge in [-0.15, -0.1) is 11.8 Å². The molecule has 0 saturated heterocycles. The fourth-order valence-corrected chi connectivity index (χ4v) is 3.46. The third-order valence-electron chi connectivity index (χ3n) is 3.10. The summed E-state index contributed by atoms with van der Waals surface area (Å²) < 4.78 is 22.7. The van der Waals surface area contributed by atoms with E-state index in [-0.39, 0.29) is 15.7 Å². The van der Waals surface area contributed by atoms with Crippen molar-refractivity contribution in [2.75, 3.05) is 11.9 Å². The van der Waals surface area contributed by atoms with E-state index in [0.29, 0.717) is 12.2 Å². The SMILES string of the molecule is CC(CNc1ccc(S(N)(=O)=O)cc1C#N)Sc1ccccc1. The Bertz CT molecular complexity index is 815. The van der Waals surface area contributed by atoms with Crippen LogP contribution in [-0.2, 0) is 10.0 Å². The number of hydrogen-bond donors (Lipinski definition) is 2. The highest BCUT2D eigenvalue weighted by Gasteiger charge is 2.12. The van der Waals surface area contributed by atoms with E-state index in [0.717, 1.165) is 0 Å². The second-order valence-corrected chi connectivity index (χ2v) is 8.06. The monoisotopic (exact) mass is 347 g/mol. The second kappa shape index (κ2) is 7.51. The Hall–Kier alpha value is -2.01. The van der Waals surface area contributed by atoms with Gasteiger partial charge in [0.15, 0.2) is 0 Å². The van der Waals surface area contributed by atoms with Gasteiger partial charge in [0.25, 0.3) is 0 Å². The van der Waals surface area contributed by atoms with Crippen molar-refractivity contribution in [3.63, 3.8) is 0 Å². The average molecular weight is 347 g/mol. The van der Waals surface area contributed by atoms with Crippen LogP contribution in [0, 0.1) is 11.3 Å². The van der Waals surface area contributed by atoms with Crippen LogP contribution in [0.25, 0.3) is 0 Å². The van der Waals surface area contributed by atoms with Crippen molar-refractivity contribution >= 4 is 27.5 Å². The number of nitrogens with one attached hydrogen (secondary N) is 1. The van der Waals surface area contributed by atoms with E-state index in [9.17, 15) is 13.7 Å². The first kappa shape index (κ1) is 17.3. The van der Waals surface area contributed by atoms with Gasteiger partial charge in [-0.1, -0.05) is 25.1 Å². The number of benzene rings is 2. The largest absolute Gasteiger partial charge is 0.383 e. The van der Waals surface area contributed by atoms with Crippen LogP contribution in [0.15, 0.2) is 58.3 Å². The maximum Gasteiger partial charge on any atom is 0.238 e. The normalized spacial score (nSPS) is 12.4. The van der Waals surface area contributed by atoms with E-state index in [4.69, 9.17) is 5.14 Å². The zero-order valence-electron chi connectivity index (χ0n) is 12.6. The minimum absolute atomic E-state index is 0.0636. The fraction of sp³-hybridized carbons (Fsp3) is 0.188. The van der Waals surface area contributed by atoms with Gasteiger partial charge in [-0.25, -0.2) is 13.6 Å². The van der Waals surface area contributed by atoms with Gasteiger partial charge in [0.1, 0.15) is 6.07 Å². The van der Waals surface area contributed by atoms with Crippen LogP contribution in [0.3, 0.4) is 0 Å². The standard InChI is InChI=1S/C16H17N3O2S2/c1-12(22-14-5-3-2-4-6-14)11-19-16-8-7-15(23(18,20)21)9-13(16)10-17/h2-9,12,19H,11H2,1H3,(H2,18,20,21). The predicted molar refractivity (Wildman–Crippen MR) is 92.8 cm³/mol. The molecule has 0 bridgehead atoms. The molecule has 2 rings (SSSR count). The third-order valence-corrected chi connectivity index (χ3v) is 5.12. The molecule has 0 saturated carbocycles. The lowest BCUT2D eigenvalue weighted by molar-refractivity contribution is 0.598. The molecule has 1 unspecified atom stereocenters. The zero-order valence-corrected chi connectivity index (χ0v) is 14.2. The van der Waals surface area contributed by atoms with Gasteiger partial charge in [0.05, 0.1) is 16.1 Å². The van der Waals surface area contributed by atoms with Crippen molar-refractivity contribution in [3.8, 4) is 6.07 Å². The number of rotatable bonds is 6. The summed E-state index contributed by atoms with van der Waals surface area (Å²) in [5.41, 5.74) is 0.855. The molecule has 5 nitrogen and oxygen atoms in total. The summed E-state index contributed by atoms with van der Waals surface area (Å²) in [6, 6.07) is 16.3. The van der Waals surface area contributed by atoms with Crippen LogP contribution in [-0.4, -0.2) is 20.2 Å². The van der Waals surface area contributed by atoms with Gasteiger partial charge >= 0.3 is 0 Å². The molecule has 1 atom stereocenters. The van der Waals surface area contributed by atoms with Crippen molar-refractivity contribution in [3.05, 3.63) is 54.1 Å². The first-order valence-electron chi connectivity index (χ1n) is 6.92. The molecular formula is C16H17N3O2S2. The Morgan fingerprint density at radius 1 is 1.26 bits per heavy atom. The van der Waals surface area contributed by atoms with Gasteiger partial charge in [0.2, 0.25) is 10.0 Å². The minimum Gasteiger partial charge on any atom is -0.383 e. The van der Waals surface area contributed by atoms with Gasteiger partial charge in [-0.05, 0) is 30.3 Å². The number of nitrogens with two attached hydrogens (primary N) is 1. The quantitative estimate of drug-likeness (QED) is 0.783. The molecule has 0 aromatic heterocycles. The van der Waals surface area contributed by atoms with Crippen LogP contribution < -0.4 is 10.5 Å². The number of nitrogens with zero attached hydrogens (tertiary/aromatic N) is 1. The highest BCUT2D eigenvalue weighted by molar-refractivity contribution is 8.00. The lowest BCUT2D eigenvalue weighted by atomic mass is 10.2. The molecule has 0 radical (unpaired) electrons. The van der Waals surface area contributed by atoms with Crippen LogP contribution in [0.5, 0.6) is 0 Å². The first-order chi connectivity index (χ1) is 10.9. The van der Waals surface area contributed by atoms with E-state index < -0.39 is 10.0 Å². The molecule has 0 aliphatic rings. The molecule has 3 N–H and O–H groups in total. The average Bonchev–Trinajstić information content (AvgIpc) is 2.52. The number of sulfonamides is 1. The summed E-state index contributed by atoms with van der Waals surface area (Å²) in [4.78, 5) is 1.11. The van der Waals surface area contributed by atoms with Gasteiger partial charge in [-0.3, -0.25) is 0 Å². The minimum atomic E-state index is -3.81. The molecule has 0 fully saturated rings. The Kier molecular flexibility index (Phi) is 5.66. The van der Waals surface area contributed by atoms with Gasteiger partial charge < -0.3 is 5.32 Å². The Labute approximate surface area is 140 Å². The molecule has 0 heterocycles. The fourth-order valence-electron chi connectivity index (χ4n) is 1.97. The van der Waals surface area contributed by atoms with Crippen LogP contribution in [0.2, 0.25) is 0 Å². The number of anilines is 1. The third kappa shape index (κ3) is 4.99. The Morgan fingerprint density at radius 3 is 2.57 bits per heavy atom. The predicted octanol–water partition coefficient (Wildman–Crippen LogP) is 2.80. The molecule has 2 aromatic carbocycles. The van der Waals surface area contributed by atoms with Crippen molar-refractivity contribution in [1.29, 1.82) is 5.26 Å². The molecule has 0 aliphatic carbocycles. The molecule has 0 amide bonds. The smallest absolute Gasteiger partial charge is 0.238 e. The Balaban J connectivity index is 2.04. The first-order valence-corrected chi connectivity index (χ1v) is 9.35. The molecule has 0 spiro atoms. The lowest BCUT2D eigenvalue weighted by Crippen LogP contribution is -2.15. The summed E-state index contributed by atoms with van der Waals surface area (Å²) in [5.74, 6) is 0. The summed E-state index contributed by atoms with van der Waals surface area (Å²) >= 11 is 1.72. The number of nitriles is 1. The topological polar surface area (TPSA) is 96.0 Å². The van der Waals surface area contributed by atoms with Crippen LogP contribution in [0.1, 0.15) is 12.5 Å². The van der Waals surface area contributed by atoms with Crippen molar-refractivity contribution in [1.82, 2.24) is 0 Å². The van der Waals surface area contributed by atoms with Crippen LogP contribution >= 0.6 is 11.8 Å². The molecule has 0 aliphatic heterocycles. The van der Waals surface area contributed by atoms with E-state index in [1.165, 1.54) is 17.0 Å². The lowest BCUT2D eigenvalue weighted by Gasteiger charge is -2.14.